The van der Waals surface area contributed by atoms with E-state index in [1.807, 2.05) is 12.2 Å². The third-order valence-electron chi connectivity index (χ3n) is 4.18. The summed E-state index contributed by atoms with van der Waals surface area (Å²) in [6.45, 7) is 2.31. The van der Waals surface area contributed by atoms with Crippen molar-refractivity contribution in [2.45, 2.75) is 50.7 Å². The van der Waals surface area contributed by atoms with E-state index in [2.05, 4.69) is 43.3 Å². The Labute approximate surface area is 162 Å². The van der Waals surface area contributed by atoms with Crippen LogP contribution in [0.2, 0.25) is 18.1 Å². The van der Waals surface area contributed by atoms with Crippen molar-refractivity contribution in [3.05, 3.63) is 48.6 Å². The molecule has 2 aliphatic rings. The summed E-state index contributed by atoms with van der Waals surface area (Å²) in [5, 5.41) is 1.74. The molecule has 1 fully saturated rings. The Morgan fingerprint density at radius 3 is 2.14 bits per heavy atom. The SMILES string of the molecule is CCCC[Si]1([c-]2cccc2)CCC1.[C-]1=CC=CC1.[Cl-].[Cl-].[Zr+4]. The fourth-order valence-electron chi connectivity index (χ4n) is 2.87. The molecule has 4 heteroatoms. The first-order valence-electron chi connectivity index (χ1n) is 7.31. The van der Waals surface area contributed by atoms with Gasteiger partial charge in [0.2, 0.25) is 0 Å². The third kappa shape index (κ3) is 7.08. The van der Waals surface area contributed by atoms with Gasteiger partial charge >= 0.3 is 26.2 Å². The van der Waals surface area contributed by atoms with Crippen LogP contribution in [0, 0.1) is 6.08 Å². The fraction of sp³-hybridized carbons (Fsp3) is 0.471. The number of hydrogen-bond acceptors (Lipinski definition) is 0. The van der Waals surface area contributed by atoms with Crippen molar-refractivity contribution in [2.24, 2.45) is 0 Å². The van der Waals surface area contributed by atoms with Crippen molar-refractivity contribution >= 4 is 13.3 Å². The molecule has 1 heterocycles. The Morgan fingerprint density at radius 2 is 1.81 bits per heavy atom. The maximum Gasteiger partial charge on any atom is 4.00 e. The van der Waals surface area contributed by atoms with Crippen molar-refractivity contribution in [1.29, 1.82) is 0 Å². The third-order valence-corrected chi connectivity index (χ3v) is 9.67. The van der Waals surface area contributed by atoms with Crippen molar-refractivity contribution < 1.29 is 51.0 Å². The molecule has 0 atom stereocenters. The van der Waals surface area contributed by atoms with Crippen LogP contribution >= 0.6 is 0 Å². The second kappa shape index (κ2) is 13.0. The molecule has 3 rings (SSSR count). The van der Waals surface area contributed by atoms with Crippen molar-refractivity contribution in [3.8, 4) is 0 Å². The van der Waals surface area contributed by atoms with Crippen LogP contribution in [0.15, 0.2) is 42.5 Å². The van der Waals surface area contributed by atoms with Crippen LogP contribution in [-0.2, 0) is 26.2 Å². The average molecular weight is 419 g/mol. The van der Waals surface area contributed by atoms with Gasteiger partial charge in [0.05, 0.1) is 0 Å². The Bertz CT molecular complexity index is 385. The molecule has 0 amide bonds. The predicted octanol–water partition coefficient (Wildman–Crippen LogP) is -1.42. The summed E-state index contributed by atoms with van der Waals surface area (Å²) >= 11 is 0. The summed E-state index contributed by atoms with van der Waals surface area (Å²) in [6.07, 6.45) is 14.3. The number of rotatable bonds is 4. The molecular formula is C17H24Cl2SiZr. The Kier molecular flexibility index (Phi) is 14.7. The summed E-state index contributed by atoms with van der Waals surface area (Å²) in [7, 11) is -0.888. The molecule has 1 aliphatic heterocycles. The molecule has 1 saturated heterocycles. The van der Waals surface area contributed by atoms with Gasteiger partial charge in [-0.05, 0) is 0 Å². The molecule has 1 aromatic carbocycles. The van der Waals surface area contributed by atoms with Crippen LogP contribution < -0.4 is 30.0 Å². The fourth-order valence-corrected chi connectivity index (χ4v) is 7.37. The zero-order chi connectivity index (χ0) is 12.7. The summed E-state index contributed by atoms with van der Waals surface area (Å²) in [5.41, 5.74) is 0. The maximum absolute atomic E-state index is 2.99. The second-order valence-corrected chi connectivity index (χ2v) is 10.1. The van der Waals surface area contributed by atoms with Crippen LogP contribution in [0.4, 0.5) is 0 Å². The minimum absolute atomic E-state index is 0. The van der Waals surface area contributed by atoms with Gasteiger partial charge < -0.3 is 24.8 Å². The van der Waals surface area contributed by atoms with Crippen LogP contribution in [0.1, 0.15) is 32.6 Å². The zero-order valence-corrected chi connectivity index (χ0v) is 17.7. The molecule has 0 N–H and O–H groups in total. The van der Waals surface area contributed by atoms with Crippen molar-refractivity contribution in [1.82, 2.24) is 0 Å². The molecule has 0 aromatic heterocycles. The molecule has 1 aromatic rings. The van der Waals surface area contributed by atoms with E-state index in [4.69, 9.17) is 0 Å². The molecule has 0 nitrogen and oxygen atoms in total. The quantitative estimate of drug-likeness (QED) is 0.416. The smallest absolute Gasteiger partial charge is 1.00 e. The molecule has 114 valence electrons. The Morgan fingerprint density at radius 1 is 1.14 bits per heavy atom. The van der Waals surface area contributed by atoms with Crippen molar-refractivity contribution in [3.63, 3.8) is 0 Å². The van der Waals surface area contributed by atoms with Gasteiger partial charge in [0.25, 0.3) is 0 Å². The average Bonchev–Trinajstić information content (AvgIpc) is 3.04. The van der Waals surface area contributed by atoms with Gasteiger partial charge in [-0.25, -0.2) is 24.3 Å². The van der Waals surface area contributed by atoms with Gasteiger partial charge in [0, 0.05) is 8.07 Å². The van der Waals surface area contributed by atoms with E-state index in [1.165, 1.54) is 19.3 Å². The number of hydrogen-bond donors (Lipinski definition) is 0. The van der Waals surface area contributed by atoms with E-state index in [9.17, 15) is 0 Å². The van der Waals surface area contributed by atoms with E-state index in [0.717, 1.165) is 6.42 Å². The van der Waals surface area contributed by atoms with Crippen molar-refractivity contribution in [2.75, 3.05) is 0 Å². The zero-order valence-electron chi connectivity index (χ0n) is 12.7. The summed E-state index contributed by atoms with van der Waals surface area (Å²) in [5.74, 6) is 0. The van der Waals surface area contributed by atoms with E-state index in [0.29, 0.717) is 0 Å². The number of allylic oxidation sites excluding steroid dienone is 4. The molecular weight excluding hydrogens is 394 g/mol. The standard InChI is InChI=1S/C12H19Si.C5H5.2ClH.Zr/c1-2-3-9-13(10-6-11-13)12-7-4-5-8-12;1-2-4-5-3-1;;;/h4-5,7-8H,2-3,6,9-11H2,1H3;1-3H,4H2;2*1H;/q2*-1;;;+4/p-2. The largest absolute Gasteiger partial charge is 4.00 e. The minimum Gasteiger partial charge on any atom is -1.00 e. The summed E-state index contributed by atoms with van der Waals surface area (Å²) in [4.78, 5) is 0. The van der Waals surface area contributed by atoms with Crippen LogP contribution in [0.3, 0.4) is 0 Å². The predicted molar refractivity (Wildman–Crippen MR) is 82.9 cm³/mol. The first-order chi connectivity index (χ1) is 8.87. The van der Waals surface area contributed by atoms with Gasteiger partial charge in [-0.1, -0.05) is 44.3 Å². The van der Waals surface area contributed by atoms with Crippen LogP contribution in [-0.4, -0.2) is 8.07 Å². The van der Waals surface area contributed by atoms with Crippen LogP contribution in [0.5, 0.6) is 0 Å². The van der Waals surface area contributed by atoms with Gasteiger partial charge in [-0.15, -0.1) is 6.42 Å². The van der Waals surface area contributed by atoms with E-state index >= 15 is 0 Å². The maximum atomic E-state index is 2.99. The molecule has 21 heavy (non-hydrogen) atoms. The van der Waals surface area contributed by atoms with E-state index in [-0.39, 0.29) is 51.0 Å². The molecule has 0 bridgehead atoms. The van der Waals surface area contributed by atoms with Gasteiger partial charge in [0.1, 0.15) is 0 Å². The Balaban J connectivity index is 0. The summed E-state index contributed by atoms with van der Waals surface area (Å²) < 4.78 is 0. The molecule has 0 spiro atoms. The Hall–Kier alpha value is 0.510. The minimum atomic E-state index is -0.888. The van der Waals surface area contributed by atoms with Crippen LogP contribution in [0.25, 0.3) is 0 Å². The van der Waals surface area contributed by atoms with Gasteiger partial charge in [0.15, 0.2) is 0 Å². The molecule has 1 aliphatic carbocycles. The monoisotopic (exact) mass is 416 g/mol. The topological polar surface area (TPSA) is 0 Å². The normalized spacial score (nSPS) is 16.4. The number of unbranched alkanes of at least 4 members (excludes halogenated alkanes) is 1. The first kappa shape index (κ1) is 23.8. The second-order valence-electron chi connectivity index (χ2n) is 5.41. The molecule has 0 saturated carbocycles. The van der Waals surface area contributed by atoms with Gasteiger partial charge in [-0.3, -0.25) is 6.08 Å². The summed E-state index contributed by atoms with van der Waals surface area (Å²) in [6, 6.07) is 13.9. The van der Waals surface area contributed by atoms with Gasteiger partial charge in [-0.2, -0.15) is 23.4 Å². The molecule has 0 unspecified atom stereocenters. The molecule has 0 radical (unpaired) electrons. The van der Waals surface area contributed by atoms with E-state index in [1.54, 1.807) is 23.3 Å². The first-order valence-corrected chi connectivity index (χ1v) is 9.93. The van der Waals surface area contributed by atoms with E-state index < -0.39 is 8.07 Å². The number of halogens is 2.